The molecule has 0 bridgehead atoms. The van der Waals surface area contributed by atoms with Crippen LogP contribution in [0.1, 0.15) is 29.9 Å². The average Bonchev–Trinajstić information content (AvgIpc) is 2.46. The van der Waals surface area contributed by atoms with Crippen molar-refractivity contribution in [3.63, 3.8) is 0 Å². The standard InChI is InChI=1S/C14H18F3N3O2/c1-4-20(5-2)12(21)9-19(3)13(22)10-6-7-11(18-8-10)14(15,16)17/h6-8H,4-5,9H2,1-3H3. The number of hydrogen-bond donors (Lipinski definition) is 0. The first-order valence-electron chi connectivity index (χ1n) is 6.77. The summed E-state index contributed by atoms with van der Waals surface area (Å²) in [6.45, 7) is 4.56. The summed E-state index contributed by atoms with van der Waals surface area (Å²) < 4.78 is 37.2. The van der Waals surface area contributed by atoms with Gasteiger partial charge in [0.15, 0.2) is 0 Å². The SMILES string of the molecule is CCN(CC)C(=O)CN(C)C(=O)c1ccc(C(F)(F)F)nc1. The third-order valence-electron chi connectivity index (χ3n) is 3.14. The average molecular weight is 317 g/mol. The van der Waals surface area contributed by atoms with Crippen molar-refractivity contribution in [3.05, 3.63) is 29.6 Å². The Bertz CT molecular complexity index is 525. The van der Waals surface area contributed by atoms with E-state index in [1.165, 1.54) is 7.05 Å². The Morgan fingerprint density at radius 1 is 1.18 bits per heavy atom. The Morgan fingerprint density at radius 3 is 2.18 bits per heavy atom. The number of rotatable bonds is 5. The van der Waals surface area contributed by atoms with E-state index < -0.39 is 17.8 Å². The number of carbonyl (C=O) groups is 2. The smallest absolute Gasteiger partial charge is 0.342 e. The molecule has 0 aromatic carbocycles. The van der Waals surface area contributed by atoms with Crippen molar-refractivity contribution in [2.45, 2.75) is 20.0 Å². The molecule has 2 amide bonds. The lowest BCUT2D eigenvalue weighted by atomic mass is 10.2. The lowest BCUT2D eigenvalue weighted by Gasteiger charge is -2.23. The van der Waals surface area contributed by atoms with Gasteiger partial charge in [-0.2, -0.15) is 13.2 Å². The van der Waals surface area contributed by atoms with Crippen LogP contribution in [0.5, 0.6) is 0 Å². The van der Waals surface area contributed by atoms with E-state index in [9.17, 15) is 22.8 Å². The van der Waals surface area contributed by atoms with Crippen LogP contribution in [0.15, 0.2) is 18.3 Å². The zero-order valence-corrected chi connectivity index (χ0v) is 12.6. The monoisotopic (exact) mass is 317 g/mol. The molecule has 1 aromatic rings. The molecule has 1 rings (SSSR count). The Balaban J connectivity index is 2.77. The highest BCUT2D eigenvalue weighted by atomic mass is 19.4. The predicted octanol–water partition coefficient (Wildman–Crippen LogP) is 2.04. The maximum absolute atomic E-state index is 12.4. The van der Waals surface area contributed by atoms with Crippen LogP contribution < -0.4 is 0 Å². The number of aromatic nitrogens is 1. The van der Waals surface area contributed by atoms with Crippen LogP contribution in [0.2, 0.25) is 0 Å². The van der Waals surface area contributed by atoms with Crippen molar-refractivity contribution >= 4 is 11.8 Å². The largest absolute Gasteiger partial charge is 0.433 e. The lowest BCUT2D eigenvalue weighted by molar-refractivity contribution is -0.141. The van der Waals surface area contributed by atoms with Crippen LogP contribution in [0.3, 0.4) is 0 Å². The minimum Gasteiger partial charge on any atom is -0.342 e. The predicted molar refractivity (Wildman–Crippen MR) is 74.1 cm³/mol. The summed E-state index contributed by atoms with van der Waals surface area (Å²) in [4.78, 5) is 29.9. The molecule has 1 aromatic heterocycles. The molecule has 0 radical (unpaired) electrons. The Hall–Kier alpha value is -2.12. The molecule has 0 saturated heterocycles. The summed E-state index contributed by atoms with van der Waals surface area (Å²) in [5.41, 5.74) is -1.06. The Kier molecular flexibility index (Phi) is 5.90. The first-order valence-corrected chi connectivity index (χ1v) is 6.77. The van der Waals surface area contributed by atoms with Gasteiger partial charge in [0, 0.05) is 26.3 Å². The number of likely N-dealkylation sites (N-methyl/N-ethyl adjacent to an activating group) is 2. The normalized spacial score (nSPS) is 11.2. The van der Waals surface area contributed by atoms with Gasteiger partial charge in [-0.05, 0) is 26.0 Å². The number of nitrogens with zero attached hydrogens (tertiary/aromatic N) is 3. The van der Waals surface area contributed by atoms with Gasteiger partial charge in [-0.3, -0.25) is 14.6 Å². The molecular weight excluding hydrogens is 299 g/mol. The van der Waals surface area contributed by atoms with Gasteiger partial charge in [0.25, 0.3) is 5.91 Å². The fourth-order valence-corrected chi connectivity index (χ4v) is 1.86. The van der Waals surface area contributed by atoms with Crippen molar-refractivity contribution in [1.29, 1.82) is 0 Å². The van der Waals surface area contributed by atoms with Gasteiger partial charge in [-0.15, -0.1) is 0 Å². The molecule has 0 N–H and O–H groups in total. The first-order chi connectivity index (χ1) is 10.2. The molecule has 0 spiro atoms. The number of alkyl halides is 3. The van der Waals surface area contributed by atoms with E-state index in [-0.39, 0.29) is 18.0 Å². The van der Waals surface area contributed by atoms with Gasteiger partial charge in [-0.1, -0.05) is 0 Å². The van der Waals surface area contributed by atoms with Crippen molar-refractivity contribution in [1.82, 2.24) is 14.8 Å². The second-order valence-corrected chi connectivity index (χ2v) is 4.66. The van der Waals surface area contributed by atoms with Gasteiger partial charge in [-0.25, -0.2) is 0 Å². The van der Waals surface area contributed by atoms with Crippen molar-refractivity contribution in [2.75, 3.05) is 26.7 Å². The van der Waals surface area contributed by atoms with E-state index in [1.54, 1.807) is 4.90 Å². The van der Waals surface area contributed by atoms with E-state index in [0.717, 1.165) is 23.2 Å². The fourth-order valence-electron chi connectivity index (χ4n) is 1.86. The molecule has 5 nitrogen and oxygen atoms in total. The number of amides is 2. The summed E-state index contributed by atoms with van der Waals surface area (Å²) in [5.74, 6) is -0.776. The van der Waals surface area contributed by atoms with Gasteiger partial charge in [0.1, 0.15) is 5.69 Å². The van der Waals surface area contributed by atoms with Crippen LogP contribution in [-0.2, 0) is 11.0 Å². The maximum atomic E-state index is 12.4. The lowest BCUT2D eigenvalue weighted by Crippen LogP contribution is -2.41. The Morgan fingerprint density at radius 2 is 1.77 bits per heavy atom. The van der Waals surface area contributed by atoms with Gasteiger partial charge >= 0.3 is 6.18 Å². The highest BCUT2D eigenvalue weighted by Gasteiger charge is 2.32. The summed E-state index contributed by atoms with van der Waals surface area (Å²) in [6, 6.07) is 1.80. The minimum absolute atomic E-state index is 0.00264. The van der Waals surface area contributed by atoms with E-state index in [0.29, 0.717) is 13.1 Å². The molecule has 0 fully saturated rings. The van der Waals surface area contributed by atoms with E-state index >= 15 is 0 Å². The van der Waals surface area contributed by atoms with E-state index in [2.05, 4.69) is 4.98 Å². The van der Waals surface area contributed by atoms with Crippen LogP contribution in [0, 0.1) is 0 Å². The highest BCUT2D eigenvalue weighted by molar-refractivity contribution is 5.96. The summed E-state index contributed by atoms with van der Waals surface area (Å²) in [6.07, 6.45) is -3.68. The number of hydrogen-bond acceptors (Lipinski definition) is 3. The minimum atomic E-state index is -4.55. The van der Waals surface area contributed by atoms with Crippen LogP contribution in [0.25, 0.3) is 0 Å². The molecule has 0 aliphatic carbocycles. The van der Waals surface area contributed by atoms with Crippen LogP contribution in [0.4, 0.5) is 13.2 Å². The zero-order valence-electron chi connectivity index (χ0n) is 12.6. The molecule has 1 heterocycles. The molecule has 0 unspecified atom stereocenters. The fraction of sp³-hybridized carbons (Fsp3) is 0.500. The molecule has 122 valence electrons. The second kappa shape index (κ2) is 7.24. The van der Waals surface area contributed by atoms with Gasteiger partial charge in [0.2, 0.25) is 5.91 Å². The third kappa shape index (κ3) is 4.44. The topological polar surface area (TPSA) is 53.5 Å². The molecule has 22 heavy (non-hydrogen) atoms. The van der Waals surface area contributed by atoms with E-state index in [1.807, 2.05) is 13.8 Å². The quantitative estimate of drug-likeness (QED) is 0.835. The zero-order chi connectivity index (χ0) is 16.9. The summed E-state index contributed by atoms with van der Waals surface area (Å²) in [7, 11) is 1.42. The van der Waals surface area contributed by atoms with E-state index in [4.69, 9.17) is 0 Å². The first kappa shape index (κ1) is 17.9. The van der Waals surface area contributed by atoms with Gasteiger partial charge < -0.3 is 9.80 Å². The third-order valence-corrected chi connectivity index (χ3v) is 3.14. The molecular formula is C14H18F3N3O2. The summed E-state index contributed by atoms with van der Waals surface area (Å²) >= 11 is 0. The molecule has 0 aliphatic rings. The van der Waals surface area contributed by atoms with Crippen molar-refractivity contribution in [2.24, 2.45) is 0 Å². The Labute approximate surface area is 126 Å². The van der Waals surface area contributed by atoms with Gasteiger partial charge in [0.05, 0.1) is 12.1 Å². The highest BCUT2D eigenvalue weighted by Crippen LogP contribution is 2.27. The molecule has 8 heteroatoms. The molecule has 0 aliphatic heterocycles. The van der Waals surface area contributed by atoms with Crippen LogP contribution >= 0.6 is 0 Å². The molecule has 0 saturated carbocycles. The maximum Gasteiger partial charge on any atom is 0.433 e. The number of carbonyl (C=O) groups excluding carboxylic acids is 2. The number of halogens is 3. The number of pyridine rings is 1. The van der Waals surface area contributed by atoms with Crippen molar-refractivity contribution in [3.8, 4) is 0 Å². The molecule has 0 atom stereocenters. The van der Waals surface area contributed by atoms with Crippen LogP contribution in [-0.4, -0.2) is 53.3 Å². The second-order valence-electron chi connectivity index (χ2n) is 4.66. The van der Waals surface area contributed by atoms with Crippen molar-refractivity contribution < 1.29 is 22.8 Å². The summed E-state index contributed by atoms with van der Waals surface area (Å²) in [5, 5.41) is 0.